The van der Waals surface area contributed by atoms with E-state index in [1.807, 2.05) is 13.8 Å². The molecule has 0 amide bonds. The Bertz CT molecular complexity index is 447. The third kappa shape index (κ3) is 4.51. The second-order valence-electron chi connectivity index (χ2n) is 5.38. The van der Waals surface area contributed by atoms with Crippen molar-refractivity contribution in [3.8, 4) is 0 Å². The number of ether oxygens (including phenoxy) is 1. The fraction of sp³-hybridized carbons (Fsp3) is 0.500. The molecule has 3 nitrogen and oxygen atoms in total. The second-order valence-corrected chi connectivity index (χ2v) is 5.38. The summed E-state index contributed by atoms with van der Waals surface area (Å²) in [7, 11) is 0. The molecule has 0 aliphatic heterocycles. The van der Waals surface area contributed by atoms with Gasteiger partial charge in [0.05, 0.1) is 12.2 Å². The number of carbonyl (C=O) groups is 2. The van der Waals surface area contributed by atoms with Crippen LogP contribution in [0.2, 0.25) is 0 Å². The highest BCUT2D eigenvalue weighted by Gasteiger charge is 2.19. The molecular weight excluding hydrogens is 240 g/mol. The van der Waals surface area contributed by atoms with E-state index < -0.39 is 5.97 Å². The molecule has 0 spiro atoms. The van der Waals surface area contributed by atoms with E-state index in [0.29, 0.717) is 23.7 Å². The minimum Gasteiger partial charge on any atom is -0.462 e. The molecule has 19 heavy (non-hydrogen) atoms. The number of ketones is 1. The molecule has 0 heterocycles. The van der Waals surface area contributed by atoms with Gasteiger partial charge in [0.15, 0.2) is 5.78 Å². The van der Waals surface area contributed by atoms with Crippen molar-refractivity contribution < 1.29 is 14.3 Å². The molecule has 0 N–H and O–H groups in total. The summed E-state index contributed by atoms with van der Waals surface area (Å²) in [5, 5.41) is 0. The standard InChI is InChI=1S/C16H22O3/c1-11(2)9-10-19-16(18)14-8-6-5-7-13(14)15(17)12(3)4/h5-8,11-12H,9-10H2,1-4H3. The van der Waals surface area contributed by atoms with Crippen molar-refractivity contribution in [3.05, 3.63) is 35.4 Å². The van der Waals surface area contributed by atoms with Gasteiger partial charge in [0.2, 0.25) is 0 Å². The van der Waals surface area contributed by atoms with Gasteiger partial charge < -0.3 is 4.74 Å². The van der Waals surface area contributed by atoms with E-state index >= 15 is 0 Å². The smallest absolute Gasteiger partial charge is 0.338 e. The summed E-state index contributed by atoms with van der Waals surface area (Å²) < 4.78 is 5.22. The first kappa shape index (κ1) is 15.4. The summed E-state index contributed by atoms with van der Waals surface area (Å²) >= 11 is 0. The third-order valence-electron chi connectivity index (χ3n) is 2.87. The van der Waals surface area contributed by atoms with E-state index in [-0.39, 0.29) is 11.7 Å². The Morgan fingerprint density at radius 2 is 1.63 bits per heavy atom. The van der Waals surface area contributed by atoms with Gasteiger partial charge in [-0.3, -0.25) is 4.79 Å². The monoisotopic (exact) mass is 262 g/mol. The maximum absolute atomic E-state index is 12.0. The Morgan fingerprint density at radius 1 is 1.05 bits per heavy atom. The molecule has 0 aliphatic carbocycles. The third-order valence-corrected chi connectivity index (χ3v) is 2.87. The predicted octanol–water partition coefficient (Wildman–Crippen LogP) is 3.73. The zero-order chi connectivity index (χ0) is 14.4. The van der Waals surface area contributed by atoms with Crippen LogP contribution in [0.15, 0.2) is 24.3 Å². The van der Waals surface area contributed by atoms with Gasteiger partial charge in [-0.05, 0) is 18.4 Å². The number of carbonyl (C=O) groups excluding carboxylic acids is 2. The van der Waals surface area contributed by atoms with Crippen molar-refractivity contribution in [1.29, 1.82) is 0 Å². The Hall–Kier alpha value is -1.64. The topological polar surface area (TPSA) is 43.4 Å². The maximum atomic E-state index is 12.0. The summed E-state index contributed by atoms with van der Waals surface area (Å²) in [6.07, 6.45) is 0.825. The van der Waals surface area contributed by atoms with Crippen LogP contribution in [0.1, 0.15) is 54.8 Å². The van der Waals surface area contributed by atoms with Gasteiger partial charge in [0, 0.05) is 11.5 Å². The van der Waals surface area contributed by atoms with E-state index in [2.05, 4.69) is 13.8 Å². The highest BCUT2D eigenvalue weighted by Crippen LogP contribution is 2.15. The molecule has 3 heteroatoms. The van der Waals surface area contributed by atoms with Crippen molar-refractivity contribution in [2.45, 2.75) is 34.1 Å². The number of benzene rings is 1. The van der Waals surface area contributed by atoms with Crippen LogP contribution in [-0.2, 0) is 4.74 Å². The van der Waals surface area contributed by atoms with E-state index in [1.54, 1.807) is 24.3 Å². The summed E-state index contributed by atoms with van der Waals surface area (Å²) in [5.41, 5.74) is 0.817. The molecule has 0 bridgehead atoms. The van der Waals surface area contributed by atoms with Crippen molar-refractivity contribution in [2.24, 2.45) is 11.8 Å². The Labute approximate surface area is 115 Å². The van der Waals surface area contributed by atoms with E-state index in [1.165, 1.54) is 0 Å². The molecule has 0 saturated heterocycles. The van der Waals surface area contributed by atoms with Gasteiger partial charge in [-0.25, -0.2) is 4.79 Å². The lowest BCUT2D eigenvalue weighted by atomic mass is 9.96. The summed E-state index contributed by atoms with van der Waals surface area (Å²) in [6, 6.07) is 6.84. The molecule has 0 aromatic heterocycles. The van der Waals surface area contributed by atoms with Crippen LogP contribution in [0, 0.1) is 11.8 Å². The number of rotatable bonds is 6. The Kier molecular flexibility index (Phi) is 5.74. The molecular formula is C16H22O3. The Morgan fingerprint density at radius 3 is 2.16 bits per heavy atom. The average molecular weight is 262 g/mol. The van der Waals surface area contributed by atoms with E-state index in [4.69, 9.17) is 4.74 Å². The molecule has 0 unspecified atom stereocenters. The van der Waals surface area contributed by atoms with Crippen molar-refractivity contribution in [3.63, 3.8) is 0 Å². The normalized spacial score (nSPS) is 10.8. The molecule has 0 radical (unpaired) electrons. The minimum absolute atomic E-state index is 0.0311. The largest absolute Gasteiger partial charge is 0.462 e. The molecule has 1 aromatic carbocycles. The van der Waals surface area contributed by atoms with Gasteiger partial charge in [-0.15, -0.1) is 0 Å². The summed E-state index contributed by atoms with van der Waals surface area (Å²) in [5.74, 6) is -0.0911. The Balaban J connectivity index is 2.82. The molecule has 1 rings (SSSR count). The SMILES string of the molecule is CC(C)CCOC(=O)c1ccccc1C(=O)C(C)C. The van der Waals surface area contributed by atoms with Crippen LogP contribution in [0.25, 0.3) is 0 Å². The number of Topliss-reactive ketones (excluding diaryl/α,β-unsaturated/α-hetero) is 1. The highest BCUT2D eigenvalue weighted by molar-refractivity contribution is 6.07. The van der Waals surface area contributed by atoms with Crippen LogP contribution >= 0.6 is 0 Å². The molecule has 0 fully saturated rings. The fourth-order valence-electron chi connectivity index (χ4n) is 1.65. The molecule has 0 aliphatic rings. The van der Waals surface area contributed by atoms with Gasteiger partial charge in [-0.1, -0.05) is 45.9 Å². The van der Waals surface area contributed by atoms with E-state index in [0.717, 1.165) is 6.42 Å². The average Bonchev–Trinajstić information content (AvgIpc) is 2.37. The van der Waals surface area contributed by atoms with Crippen molar-refractivity contribution in [2.75, 3.05) is 6.61 Å². The lowest BCUT2D eigenvalue weighted by molar-refractivity contribution is 0.0484. The van der Waals surface area contributed by atoms with Crippen LogP contribution < -0.4 is 0 Å². The first-order valence-electron chi connectivity index (χ1n) is 6.73. The van der Waals surface area contributed by atoms with Gasteiger partial charge in [0.25, 0.3) is 0 Å². The molecule has 1 aromatic rings. The van der Waals surface area contributed by atoms with Crippen LogP contribution in [0.4, 0.5) is 0 Å². The van der Waals surface area contributed by atoms with Crippen molar-refractivity contribution in [1.82, 2.24) is 0 Å². The zero-order valence-corrected chi connectivity index (χ0v) is 12.1. The molecule has 0 atom stereocenters. The number of esters is 1. The first-order valence-corrected chi connectivity index (χ1v) is 6.73. The van der Waals surface area contributed by atoms with Crippen LogP contribution in [0.3, 0.4) is 0 Å². The summed E-state index contributed by atoms with van der Waals surface area (Å²) in [4.78, 5) is 24.0. The second kappa shape index (κ2) is 7.07. The summed E-state index contributed by atoms with van der Waals surface area (Å²) in [6.45, 7) is 8.18. The number of hydrogen-bond acceptors (Lipinski definition) is 3. The zero-order valence-electron chi connectivity index (χ0n) is 12.1. The molecule has 0 saturated carbocycles. The van der Waals surface area contributed by atoms with Gasteiger partial charge in [-0.2, -0.15) is 0 Å². The van der Waals surface area contributed by atoms with E-state index in [9.17, 15) is 9.59 Å². The lowest BCUT2D eigenvalue weighted by Gasteiger charge is -2.11. The van der Waals surface area contributed by atoms with Crippen LogP contribution in [0.5, 0.6) is 0 Å². The lowest BCUT2D eigenvalue weighted by Crippen LogP contribution is -2.16. The fourth-order valence-corrected chi connectivity index (χ4v) is 1.65. The maximum Gasteiger partial charge on any atom is 0.338 e. The number of hydrogen-bond donors (Lipinski definition) is 0. The minimum atomic E-state index is -0.412. The van der Waals surface area contributed by atoms with Gasteiger partial charge >= 0.3 is 5.97 Å². The highest BCUT2D eigenvalue weighted by atomic mass is 16.5. The predicted molar refractivity (Wildman–Crippen MR) is 75.3 cm³/mol. The van der Waals surface area contributed by atoms with Gasteiger partial charge in [0.1, 0.15) is 0 Å². The molecule has 104 valence electrons. The van der Waals surface area contributed by atoms with Crippen molar-refractivity contribution >= 4 is 11.8 Å². The van der Waals surface area contributed by atoms with Crippen LogP contribution in [-0.4, -0.2) is 18.4 Å². The quantitative estimate of drug-likeness (QED) is 0.579. The first-order chi connectivity index (χ1) is 8.93.